The average Bonchev–Trinajstić information content (AvgIpc) is 3.41. The highest BCUT2D eigenvalue weighted by molar-refractivity contribution is 5.97. The van der Waals surface area contributed by atoms with Crippen LogP contribution in [0.2, 0.25) is 0 Å². The molecule has 1 aromatic heterocycles. The molecule has 2 N–H and O–H groups in total. The zero-order valence-corrected chi connectivity index (χ0v) is 24.5. The van der Waals surface area contributed by atoms with Gasteiger partial charge in [-0.05, 0) is 36.5 Å². The van der Waals surface area contributed by atoms with Gasteiger partial charge >= 0.3 is 5.97 Å². The van der Waals surface area contributed by atoms with Crippen molar-refractivity contribution in [3.05, 3.63) is 30.0 Å². The molecule has 1 atom stereocenters. The van der Waals surface area contributed by atoms with Crippen molar-refractivity contribution in [2.45, 2.75) is 77.8 Å². The number of carbonyl (C=O) groups is 3. The van der Waals surface area contributed by atoms with E-state index in [2.05, 4.69) is 29.2 Å². The number of nitrogens with one attached hydrogen (secondary N) is 2. The topological polar surface area (TPSA) is 121 Å². The number of hydrogen-bond acceptors (Lipinski definition) is 7. The summed E-state index contributed by atoms with van der Waals surface area (Å²) in [4.78, 5) is 38.3. The number of rotatable bonds is 14. The summed E-state index contributed by atoms with van der Waals surface area (Å²) in [5.74, 6) is 0.484. The molecule has 1 fully saturated rings. The van der Waals surface area contributed by atoms with Crippen molar-refractivity contribution < 1.29 is 28.6 Å². The molecular formula is C30H44N4O6. The van der Waals surface area contributed by atoms with Crippen LogP contribution in [-0.4, -0.2) is 61.5 Å². The van der Waals surface area contributed by atoms with Gasteiger partial charge < -0.3 is 24.8 Å². The van der Waals surface area contributed by atoms with Crippen LogP contribution in [0.3, 0.4) is 0 Å². The highest BCUT2D eigenvalue weighted by Gasteiger charge is 2.29. The Balaban J connectivity index is 1.94. The van der Waals surface area contributed by atoms with Gasteiger partial charge in [0.05, 0.1) is 32.6 Å². The lowest BCUT2D eigenvalue weighted by molar-refractivity contribution is -0.141. The van der Waals surface area contributed by atoms with Crippen LogP contribution in [0.25, 0.3) is 11.3 Å². The summed E-state index contributed by atoms with van der Waals surface area (Å²) in [6, 6.07) is 6.46. The van der Waals surface area contributed by atoms with Crippen LogP contribution in [0.15, 0.2) is 24.3 Å². The molecule has 2 amide bonds. The Kier molecular flexibility index (Phi) is 11.8. The van der Waals surface area contributed by atoms with Crippen LogP contribution in [0.1, 0.15) is 75.7 Å². The number of amides is 2. The molecule has 220 valence electrons. The van der Waals surface area contributed by atoms with Crippen molar-refractivity contribution in [3.63, 3.8) is 0 Å². The summed E-state index contributed by atoms with van der Waals surface area (Å²) in [7, 11) is 4.45. The maximum atomic E-state index is 13.6. The molecular weight excluding hydrogens is 512 g/mol. The Morgan fingerprint density at radius 1 is 1.02 bits per heavy atom. The lowest BCUT2D eigenvalue weighted by Gasteiger charge is -2.26. The van der Waals surface area contributed by atoms with Gasteiger partial charge in [0, 0.05) is 6.54 Å². The zero-order chi connectivity index (χ0) is 29.1. The number of esters is 1. The van der Waals surface area contributed by atoms with E-state index in [4.69, 9.17) is 14.6 Å². The number of benzene rings is 1. The van der Waals surface area contributed by atoms with Gasteiger partial charge in [-0.15, -0.1) is 0 Å². The second-order valence-corrected chi connectivity index (χ2v) is 10.4. The second-order valence-electron chi connectivity index (χ2n) is 10.4. The predicted octanol–water partition coefficient (Wildman–Crippen LogP) is 4.36. The first-order chi connectivity index (χ1) is 19.3. The molecule has 0 bridgehead atoms. The number of hydrogen-bond donors (Lipinski definition) is 2. The van der Waals surface area contributed by atoms with Crippen molar-refractivity contribution in [1.29, 1.82) is 0 Å². The fourth-order valence-electron chi connectivity index (χ4n) is 5.34. The van der Waals surface area contributed by atoms with Gasteiger partial charge in [0.2, 0.25) is 5.91 Å². The van der Waals surface area contributed by atoms with Gasteiger partial charge in [-0.2, -0.15) is 5.10 Å². The van der Waals surface area contributed by atoms with E-state index in [0.29, 0.717) is 47.6 Å². The van der Waals surface area contributed by atoms with E-state index in [0.717, 1.165) is 38.5 Å². The Labute approximate surface area is 237 Å². The maximum absolute atomic E-state index is 13.6. The van der Waals surface area contributed by atoms with E-state index >= 15 is 0 Å². The Morgan fingerprint density at radius 3 is 2.25 bits per heavy atom. The van der Waals surface area contributed by atoms with Crippen LogP contribution in [0.5, 0.6) is 11.5 Å². The van der Waals surface area contributed by atoms with E-state index in [1.54, 1.807) is 20.3 Å². The van der Waals surface area contributed by atoms with Crippen LogP contribution in [0, 0.1) is 11.8 Å². The van der Waals surface area contributed by atoms with Gasteiger partial charge in [0.25, 0.3) is 5.91 Å². The van der Waals surface area contributed by atoms with Crippen LogP contribution in [-0.2, 0) is 20.9 Å². The van der Waals surface area contributed by atoms with E-state index in [9.17, 15) is 14.4 Å². The van der Waals surface area contributed by atoms with E-state index in [1.165, 1.54) is 13.5 Å². The summed E-state index contributed by atoms with van der Waals surface area (Å²) in [5, 5.41) is 10.2. The third kappa shape index (κ3) is 7.99. The van der Waals surface area contributed by atoms with Gasteiger partial charge in [-0.1, -0.05) is 64.9 Å². The number of aromatic nitrogens is 2. The molecule has 2 aromatic rings. The van der Waals surface area contributed by atoms with Crippen LogP contribution in [0.4, 0.5) is 0 Å². The molecule has 0 radical (unpaired) electrons. The first-order valence-corrected chi connectivity index (χ1v) is 14.3. The molecule has 1 aliphatic rings. The second kappa shape index (κ2) is 15.3. The molecule has 3 rings (SSSR count). The molecule has 40 heavy (non-hydrogen) atoms. The lowest BCUT2D eigenvalue weighted by atomic mass is 9.84. The largest absolute Gasteiger partial charge is 0.496 e. The standard InChI is InChI=1S/C30H44N4O6/c1-6-20(7-2)19-34-24(28-25(38-3)14-11-15-26(28)39-4)17-23(33-34)30(37)32-22(16-21-12-9-8-10-13-21)29(36)31-18-27(35)40-5/h11,14-15,17,20-22H,6-10,12-13,16,18-19H2,1-5H3,(H,31,36)(H,32,37). The lowest BCUT2D eigenvalue weighted by Crippen LogP contribution is -2.49. The van der Waals surface area contributed by atoms with Crippen molar-refractivity contribution in [1.82, 2.24) is 20.4 Å². The Bertz CT molecular complexity index is 1110. The Morgan fingerprint density at radius 2 is 1.68 bits per heavy atom. The third-order valence-corrected chi connectivity index (χ3v) is 7.83. The minimum Gasteiger partial charge on any atom is -0.496 e. The van der Waals surface area contributed by atoms with E-state index in [-0.39, 0.29) is 12.2 Å². The third-order valence-electron chi connectivity index (χ3n) is 7.83. The molecule has 1 saturated carbocycles. The molecule has 10 nitrogen and oxygen atoms in total. The number of carbonyl (C=O) groups excluding carboxylic acids is 3. The van der Waals surface area contributed by atoms with Crippen LogP contribution < -0.4 is 20.1 Å². The minimum atomic E-state index is -0.798. The summed E-state index contributed by atoms with van der Waals surface area (Å²) < 4.78 is 17.8. The van der Waals surface area contributed by atoms with Crippen molar-refractivity contribution >= 4 is 17.8 Å². The zero-order valence-electron chi connectivity index (χ0n) is 24.5. The fraction of sp³-hybridized carbons (Fsp3) is 0.600. The first-order valence-electron chi connectivity index (χ1n) is 14.3. The number of nitrogens with zero attached hydrogens (tertiary/aromatic N) is 2. The maximum Gasteiger partial charge on any atom is 0.325 e. The van der Waals surface area contributed by atoms with Crippen LogP contribution >= 0.6 is 0 Å². The first kappa shape index (κ1) is 31.0. The summed E-state index contributed by atoms with van der Waals surface area (Å²) in [6.07, 6.45) is 7.86. The molecule has 1 aliphatic carbocycles. The SMILES string of the molecule is CCC(CC)Cn1nc(C(=O)NC(CC2CCCCC2)C(=O)NCC(=O)OC)cc1-c1c(OC)cccc1OC. The smallest absolute Gasteiger partial charge is 0.325 e. The summed E-state index contributed by atoms with van der Waals surface area (Å²) >= 11 is 0. The predicted molar refractivity (Wildman–Crippen MR) is 152 cm³/mol. The van der Waals surface area contributed by atoms with Gasteiger partial charge in [-0.3, -0.25) is 19.1 Å². The highest BCUT2D eigenvalue weighted by Crippen LogP contribution is 2.39. The average molecular weight is 557 g/mol. The summed E-state index contributed by atoms with van der Waals surface area (Å²) in [5.41, 5.74) is 1.60. The molecule has 1 unspecified atom stereocenters. The fourth-order valence-corrected chi connectivity index (χ4v) is 5.34. The summed E-state index contributed by atoms with van der Waals surface area (Å²) in [6.45, 7) is 4.63. The van der Waals surface area contributed by atoms with Crippen molar-refractivity contribution in [2.24, 2.45) is 11.8 Å². The Hall–Kier alpha value is -3.56. The monoisotopic (exact) mass is 556 g/mol. The van der Waals surface area contributed by atoms with Gasteiger partial charge in [0.15, 0.2) is 5.69 Å². The quantitative estimate of drug-likeness (QED) is 0.332. The van der Waals surface area contributed by atoms with Crippen molar-refractivity contribution in [3.8, 4) is 22.8 Å². The van der Waals surface area contributed by atoms with Crippen molar-refractivity contribution in [2.75, 3.05) is 27.9 Å². The number of methoxy groups -OCH3 is 3. The molecule has 1 heterocycles. The van der Waals surface area contributed by atoms with E-state index in [1.807, 2.05) is 22.9 Å². The molecule has 1 aromatic carbocycles. The van der Waals surface area contributed by atoms with E-state index < -0.39 is 23.8 Å². The molecule has 0 aliphatic heterocycles. The molecule has 0 saturated heterocycles. The highest BCUT2D eigenvalue weighted by atomic mass is 16.5. The molecule has 0 spiro atoms. The van der Waals surface area contributed by atoms with Gasteiger partial charge in [0.1, 0.15) is 24.1 Å². The number of ether oxygens (including phenoxy) is 3. The normalized spacial score (nSPS) is 14.4. The van der Waals surface area contributed by atoms with Gasteiger partial charge in [-0.25, -0.2) is 0 Å². The minimum absolute atomic E-state index is 0.198. The molecule has 10 heteroatoms.